The monoisotopic (exact) mass is 592 g/mol. The van der Waals surface area contributed by atoms with Crippen LogP contribution in [0, 0.1) is 11.8 Å². The largest absolute Gasteiger partial charge is 0.497 e. The summed E-state index contributed by atoms with van der Waals surface area (Å²) in [6, 6.07) is 21.1. The average Bonchev–Trinajstić information content (AvgIpc) is 2.96. The van der Waals surface area contributed by atoms with E-state index in [1.54, 1.807) is 19.2 Å². The highest BCUT2D eigenvalue weighted by molar-refractivity contribution is 7.99. The summed E-state index contributed by atoms with van der Waals surface area (Å²) in [5, 5.41) is 2.10. The van der Waals surface area contributed by atoms with Crippen molar-refractivity contribution in [1.29, 1.82) is 0 Å². The molecule has 9 nitrogen and oxygen atoms in total. The predicted molar refractivity (Wildman–Crippen MR) is 156 cm³/mol. The lowest BCUT2D eigenvalue weighted by Crippen LogP contribution is -2.61. The number of thioether (sulfide) groups is 1. The molecule has 1 fully saturated rings. The SMILES string of the molecule is COc1ccc(C#CCO[C@H]2[C@@H](OC(C)=O)[C@@H](COC(C)=O)O[C@@H](Sc3ccc4ccccc4c3)[C@@H]2OC(C)=O)cc1. The fourth-order valence-electron chi connectivity index (χ4n) is 4.47. The first-order chi connectivity index (χ1) is 20.2. The summed E-state index contributed by atoms with van der Waals surface area (Å²) in [6.07, 6.45) is -3.92. The second-order valence-corrected chi connectivity index (χ2v) is 10.6. The Labute approximate surface area is 248 Å². The number of esters is 3. The molecule has 1 heterocycles. The van der Waals surface area contributed by atoms with E-state index in [4.69, 9.17) is 28.4 Å². The highest BCUT2D eigenvalue weighted by atomic mass is 32.2. The second kappa shape index (κ2) is 14.7. The molecule has 5 atom stereocenters. The molecule has 0 amide bonds. The summed E-state index contributed by atoms with van der Waals surface area (Å²) in [4.78, 5) is 36.9. The number of fused-ring (bicyclic) bond motifs is 1. The summed E-state index contributed by atoms with van der Waals surface area (Å²) in [6.45, 7) is 3.53. The third kappa shape index (κ3) is 8.49. The Morgan fingerprint density at radius 2 is 1.52 bits per heavy atom. The number of methoxy groups -OCH3 is 1. The fraction of sp³-hybridized carbons (Fsp3) is 0.344. The van der Waals surface area contributed by atoms with Gasteiger partial charge in [0.05, 0.1) is 7.11 Å². The van der Waals surface area contributed by atoms with Gasteiger partial charge in [-0.2, -0.15) is 0 Å². The van der Waals surface area contributed by atoms with Gasteiger partial charge >= 0.3 is 17.9 Å². The van der Waals surface area contributed by atoms with Crippen molar-refractivity contribution in [2.45, 2.75) is 55.5 Å². The molecule has 0 unspecified atom stereocenters. The average molecular weight is 593 g/mol. The Hall–Kier alpha value is -4.04. The molecule has 220 valence electrons. The van der Waals surface area contributed by atoms with Gasteiger partial charge in [0, 0.05) is 31.2 Å². The van der Waals surface area contributed by atoms with Gasteiger partial charge in [-0.25, -0.2) is 0 Å². The van der Waals surface area contributed by atoms with Crippen LogP contribution in [0.25, 0.3) is 10.8 Å². The molecule has 1 aliphatic rings. The summed E-state index contributed by atoms with van der Waals surface area (Å²) >= 11 is 1.32. The van der Waals surface area contributed by atoms with Crippen molar-refractivity contribution in [3.05, 3.63) is 72.3 Å². The normalized spacial score (nSPS) is 21.5. The van der Waals surface area contributed by atoms with Crippen LogP contribution in [0.5, 0.6) is 5.75 Å². The molecular formula is C32H32O9S. The number of benzene rings is 3. The number of hydrogen-bond donors (Lipinski definition) is 0. The Bertz CT molecular complexity index is 1460. The highest BCUT2D eigenvalue weighted by Crippen LogP contribution is 2.38. The third-order valence-corrected chi connectivity index (χ3v) is 7.43. The van der Waals surface area contributed by atoms with Crippen LogP contribution in [-0.2, 0) is 38.1 Å². The lowest BCUT2D eigenvalue weighted by atomic mass is 9.99. The van der Waals surface area contributed by atoms with Crippen LogP contribution in [-0.4, -0.2) is 68.1 Å². The zero-order chi connectivity index (χ0) is 30.1. The van der Waals surface area contributed by atoms with E-state index in [2.05, 4.69) is 11.8 Å². The maximum absolute atomic E-state index is 12.3. The molecule has 4 rings (SSSR count). The summed E-state index contributed by atoms with van der Waals surface area (Å²) < 4.78 is 34.3. The van der Waals surface area contributed by atoms with Crippen molar-refractivity contribution in [1.82, 2.24) is 0 Å². The van der Waals surface area contributed by atoms with E-state index >= 15 is 0 Å². The van der Waals surface area contributed by atoms with Crippen molar-refractivity contribution < 1.29 is 42.8 Å². The Morgan fingerprint density at radius 3 is 2.19 bits per heavy atom. The first kappa shape index (κ1) is 30.9. The molecule has 0 aliphatic carbocycles. The number of ether oxygens (including phenoxy) is 6. The quantitative estimate of drug-likeness (QED) is 0.200. The smallest absolute Gasteiger partial charge is 0.303 e. The van der Waals surface area contributed by atoms with Crippen LogP contribution >= 0.6 is 11.8 Å². The van der Waals surface area contributed by atoms with E-state index in [1.165, 1.54) is 32.5 Å². The molecule has 0 radical (unpaired) electrons. The summed E-state index contributed by atoms with van der Waals surface area (Å²) in [7, 11) is 1.59. The van der Waals surface area contributed by atoms with E-state index in [9.17, 15) is 14.4 Å². The van der Waals surface area contributed by atoms with Crippen molar-refractivity contribution in [3.8, 4) is 17.6 Å². The molecule has 0 saturated carbocycles. The van der Waals surface area contributed by atoms with Crippen molar-refractivity contribution in [2.24, 2.45) is 0 Å². The lowest BCUT2D eigenvalue weighted by molar-refractivity contribution is -0.237. The van der Waals surface area contributed by atoms with Crippen LogP contribution in [0.15, 0.2) is 71.6 Å². The molecule has 0 N–H and O–H groups in total. The van der Waals surface area contributed by atoms with E-state index < -0.39 is 47.8 Å². The molecule has 42 heavy (non-hydrogen) atoms. The van der Waals surface area contributed by atoms with Gasteiger partial charge in [0.25, 0.3) is 0 Å². The molecule has 10 heteroatoms. The second-order valence-electron chi connectivity index (χ2n) is 9.43. The van der Waals surface area contributed by atoms with Crippen molar-refractivity contribution in [2.75, 3.05) is 20.3 Å². The van der Waals surface area contributed by atoms with E-state index in [-0.39, 0.29) is 13.2 Å². The first-order valence-electron chi connectivity index (χ1n) is 13.3. The van der Waals surface area contributed by atoms with Crippen LogP contribution in [0.2, 0.25) is 0 Å². The van der Waals surface area contributed by atoms with E-state index in [0.717, 1.165) is 21.2 Å². The topological polar surface area (TPSA) is 107 Å². The van der Waals surface area contributed by atoms with Gasteiger partial charge in [-0.15, -0.1) is 0 Å². The minimum Gasteiger partial charge on any atom is -0.497 e. The first-order valence-corrected chi connectivity index (χ1v) is 14.1. The van der Waals surface area contributed by atoms with Crippen LogP contribution in [0.3, 0.4) is 0 Å². The Balaban J connectivity index is 1.64. The molecule has 3 aromatic rings. The number of carbonyl (C=O) groups excluding carboxylic acids is 3. The maximum atomic E-state index is 12.3. The summed E-state index contributed by atoms with van der Waals surface area (Å²) in [5.41, 5.74) is -0.0427. The third-order valence-electron chi connectivity index (χ3n) is 6.29. The van der Waals surface area contributed by atoms with Gasteiger partial charge < -0.3 is 28.4 Å². The van der Waals surface area contributed by atoms with Gasteiger partial charge in [0.2, 0.25) is 0 Å². The summed E-state index contributed by atoms with van der Waals surface area (Å²) in [5.74, 6) is 4.99. The van der Waals surface area contributed by atoms with Crippen molar-refractivity contribution >= 4 is 40.4 Å². The molecule has 0 bridgehead atoms. The van der Waals surface area contributed by atoms with Crippen LogP contribution < -0.4 is 4.74 Å². The molecule has 0 aromatic heterocycles. The zero-order valence-corrected chi connectivity index (χ0v) is 24.6. The standard InChI is InChI=1S/C32H32O9S/c1-20(33)38-19-28-29(39-21(2)34)30(37-17-7-8-23-11-14-26(36-4)15-12-23)31(40-22(3)35)32(41-28)42-27-16-13-24-9-5-6-10-25(24)18-27/h5-6,9-16,18,28-32H,17,19H2,1-4H3/t28-,29+,30+,31-,32+/m1/s1. The van der Waals surface area contributed by atoms with E-state index in [1.807, 2.05) is 54.6 Å². The van der Waals surface area contributed by atoms with E-state index in [0.29, 0.717) is 5.75 Å². The Morgan fingerprint density at radius 1 is 0.833 bits per heavy atom. The molecule has 3 aromatic carbocycles. The van der Waals surface area contributed by atoms with Gasteiger partial charge in [-0.3, -0.25) is 14.4 Å². The van der Waals surface area contributed by atoms with Gasteiger partial charge in [0.1, 0.15) is 36.6 Å². The molecular weight excluding hydrogens is 560 g/mol. The van der Waals surface area contributed by atoms with Gasteiger partial charge in [-0.05, 0) is 47.2 Å². The molecule has 1 saturated heterocycles. The van der Waals surface area contributed by atoms with Gasteiger partial charge in [-0.1, -0.05) is 53.9 Å². The maximum Gasteiger partial charge on any atom is 0.303 e. The lowest BCUT2D eigenvalue weighted by Gasteiger charge is -2.44. The fourth-order valence-corrected chi connectivity index (χ4v) is 5.63. The minimum atomic E-state index is -1.05. The Kier molecular flexibility index (Phi) is 10.8. The van der Waals surface area contributed by atoms with Crippen molar-refractivity contribution in [3.63, 3.8) is 0 Å². The zero-order valence-electron chi connectivity index (χ0n) is 23.7. The predicted octanol–water partition coefficient (Wildman–Crippen LogP) is 4.53. The minimum absolute atomic E-state index is 0.0696. The number of hydrogen-bond acceptors (Lipinski definition) is 10. The molecule has 0 spiro atoms. The molecule has 1 aliphatic heterocycles. The number of rotatable bonds is 9. The van der Waals surface area contributed by atoms with Crippen LogP contribution in [0.1, 0.15) is 26.3 Å². The number of carbonyl (C=O) groups is 3. The highest BCUT2D eigenvalue weighted by Gasteiger charge is 2.51. The van der Waals surface area contributed by atoms with Gasteiger partial charge in [0.15, 0.2) is 12.2 Å². The van der Waals surface area contributed by atoms with Crippen LogP contribution in [0.4, 0.5) is 0 Å².